The van der Waals surface area contributed by atoms with Gasteiger partial charge >= 0.3 is 5.97 Å². The number of benzene rings is 1. The summed E-state index contributed by atoms with van der Waals surface area (Å²) in [6, 6.07) is 7.24. The average Bonchev–Trinajstić information content (AvgIpc) is 2.49. The van der Waals surface area contributed by atoms with E-state index in [9.17, 15) is 9.59 Å². The first-order chi connectivity index (χ1) is 10.1. The van der Waals surface area contributed by atoms with Gasteiger partial charge in [-0.15, -0.1) is 0 Å². The summed E-state index contributed by atoms with van der Waals surface area (Å²) in [7, 11) is 0. The lowest BCUT2D eigenvalue weighted by Crippen LogP contribution is -2.22. The molecule has 1 aliphatic rings. The third kappa shape index (κ3) is 5.87. The van der Waals surface area contributed by atoms with Crippen molar-refractivity contribution < 1.29 is 14.3 Å². The highest BCUT2D eigenvalue weighted by Gasteiger charge is 2.18. The van der Waals surface area contributed by atoms with Crippen LogP contribution in [-0.2, 0) is 14.3 Å². The Kier molecular flexibility index (Phi) is 6.23. The number of ether oxygens (including phenoxy) is 1. The number of nitrogens with one attached hydrogen (secondary N) is 1. The maximum atomic E-state index is 11.7. The van der Waals surface area contributed by atoms with Crippen LogP contribution in [0.5, 0.6) is 0 Å². The summed E-state index contributed by atoms with van der Waals surface area (Å²) >= 11 is 3.33. The molecule has 1 aromatic carbocycles. The summed E-state index contributed by atoms with van der Waals surface area (Å²) in [6.45, 7) is -0.221. The van der Waals surface area contributed by atoms with Crippen LogP contribution in [0.3, 0.4) is 0 Å². The van der Waals surface area contributed by atoms with E-state index in [-0.39, 0.29) is 18.5 Å². The highest BCUT2D eigenvalue weighted by molar-refractivity contribution is 9.10. The predicted octanol–water partition coefficient (Wildman–Crippen LogP) is 3.90. The largest absolute Gasteiger partial charge is 0.456 e. The number of anilines is 1. The lowest BCUT2D eigenvalue weighted by Gasteiger charge is -2.20. The van der Waals surface area contributed by atoms with Gasteiger partial charge in [-0.25, -0.2) is 0 Å². The fourth-order valence-corrected chi connectivity index (χ4v) is 2.83. The van der Waals surface area contributed by atoms with Crippen LogP contribution in [0, 0.1) is 5.92 Å². The van der Waals surface area contributed by atoms with Gasteiger partial charge in [0.1, 0.15) is 0 Å². The zero-order valence-corrected chi connectivity index (χ0v) is 13.5. The molecule has 5 heteroatoms. The van der Waals surface area contributed by atoms with Gasteiger partial charge in [-0.05, 0) is 43.0 Å². The van der Waals surface area contributed by atoms with Gasteiger partial charge in [0.15, 0.2) is 6.61 Å². The Morgan fingerprint density at radius 2 is 1.81 bits per heavy atom. The molecule has 1 fully saturated rings. The summed E-state index contributed by atoms with van der Waals surface area (Å²) < 4.78 is 5.99. The normalized spacial score (nSPS) is 15.5. The van der Waals surface area contributed by atoms with E-state index in [0.29, 0.717) is 18.0 Å². The number of amides is 1. The molecule has 0 unspecified atom stereocenters. The molecule has 0 saturated heterocycles. The monoisotopic (exact) mass is 353 g/mol. The summed E-state index contributed by atoms with van der Waals surface area (Å²) in [5, 5.41) is 2.69. The van der Waals surface area contributed by atoms with Gasteiger partial charge in [0.2, 0.25) is 0 Å². The van der Waals surface area contributed by atoms with Crippen molar-refractivity contribution in [1.29, 1.82) is 0 Å². The van der Waals surface area contributed by atoms with E-state index in [4.69, 9.17) is 4.74 Å². The molecule has 21 heavy (non-hydrogen) atoms. The molecule has 0 atom stereocenters. The van der Waals surface area contributed by atoms with Crippen molar-refractivity contribution in [1.82, 2.24) is 0 Å². The summed E-state index contributed by atoms with van der Waals surface area (Å²) in [5.74, 6) is -0.150. The van der Waals surface area contributed by atoms with E-state index >= 15 is 0 Å². The first-order valence-corrected chi connectivity index (χ1v) is 8.14. The molecule has 2 rings (SSSR count). The average molecular weight is 354 g/mol. The Hall–Kier alpha value is -1.36. The van der Waals surface area contributed by atoms with E-state index in [1.54, 1.807) is 12.1 Å². The molecule has 0 aromatic heterocycles. The van der Waals surface area contributed by atoms with Crippen LogP contribution >= 0.6 is 15.9 Å². The van der Waals surface area contributed by atoms with Crippen molar-refractivity contribution in [2.45, 2.75) is 38.5 Å². The molecule has 0 heterocycles. The second kappa shape index (κ2) is 8.17. The molecule has 0 bridgehead atoms. The maximum absolute atomic E-state index is 11.7. The molecule has 1 N–H and O–H groups in total. The Morgan fingerprint density at radius 1 is 1.14 bits per heavy atom. The number of esters is 1. The van der Waals surface area contributed by atoms with E-state index in [2.05, 4.69) is 21.2 Å². The third-order valence-corrected chi connectivity index (χ3v) is 4.20. The van der Waals surface area contributed by atoms with Gasteiger partial charge in [0.25, 0.3) is 5.91 Å². The highest BCUT2D eigenvalue weighted by Crippen LogP contribution is 2.26. The smallest absolute Gasteiger partial charge is 0.306 e. The van der Waals surface area contributed by atoms with Gasteiger partial charge in [-0.3, -0.25) is 9.59 Å². The van der Waals surface area contributed by atoms with Crippen LogP contribution in [0.1, 0.15) is 38.5 Å². The Bertz CT molecular complexity index is 481. The van der Waals surface area contributed by atoms with Crippen molar-refractivity contribution in [3.63, 3.8) is 0 Å². The summed E-state index contributed by atoms with van der Waals surface area (Å²) in [5.41, 5.74) is 0.687. The predicted molar refractivity (Wildman–Crippen MR) is 84.9 cm³/mol. The molecule has 4 nitrogen and oxygen atoms in total. The number of rotatable bonds is 5. The van der Waals surface area contributed by atoms with E-state index in [1.807, 2.05) is 12.1 Å². The second-order valence-corrected chi connectivity index (χ2v) is 6.34. The molecule has 1 amide bonds. The van der Waals surface area contributed by atoms with Crippen LogP contribution in [0.4, 0.5) is 5.69 Å². The number of carbonyl (C=O) groups is 2. The Balaban J connectivity index is 1.68. The molecule has 114 valence electrons. The zero-order valence-electron chi connectivity index (χ0n) is 11.9. The first kappa shape index (κ1) is 16.0. The molecular formula is C16H20BrNO3. The van der Waals surface area contributed by atoms with Crippen LogP contribution < -0.4 is 5.32 Å². The molecule has 0 aliphatic heterocycles. The molecule has 1 aliphatic carbocycles. The van der Waals surface area contributed by atoms with Crippen LogP contribution in [0.25, 0.3) is 0 Å². The summed E-state index contributed by atoms with van der Waals surface area (Å²) in [6.07, 6.45) is 6.29. The second-order valence-electron chi connectivity index (χ2n) is 5.42. The fourth-order valence-electron chi connectivity index (χ4n) is 2.56. The number of hydrogen-bond acceptors (Lipinski definition) is 3. The Labute approximate surface area is 133 Å². The van der Waals surface area contributed by atoms with Gasteiger partial charge < -0.3 is 10.1 Å². The van der Waals surface area contributed by atoms with Crippen molar-refractivity contribution in [2.75, 3.05) is 11.9 Å². The Morgan fingerprint density at radius 3 is 2.48 bits per heavy atom. The standard InChI is InChI=1S/C16H20BrNO3/c17-13-6-8-14(9-7-13)18-15(19)11-21-16(20)10-12-4-2-1-3-5-12/h6-9,12H,1-5,10-11H2,(H,18,19). The van der Waals surface area contributed by atoms with Gasteiger partial charge in [-0.2, -0.15) is 0 Å². The van der Waals surface area contributed by atoms with Crippen molar-refractivity contribution in [3.8, 4) is 0 Å². The van der Waals surface area contributed by atoms with Crippen molar-refractivity contribution >= 4 is 33.5 Å². The fraction of sp³-hybridized carbons (Fsp3) is 0.500. The third-order valence-electron chi connectivity index (χ3n) is 3.67. The molecule has 0 spiro atoms. The van der Waals surface area contributed by atoms with E-state index in [1.165, 1.54) is 19.3 Å². The quantitative estimate of drug-likeness (QED) is 0.816. The number of carbonyl (C=O) groups excluding carboxylic acids is 2. The van der Waals surface area contributed by atoms with Crippen molar-refractivity contribution in [3.05, 3.63) is 28.7 Å². The minimum Gasteiger partial charge on any atom is -0.456 e. The van der Waals surface area contributed by atoms with Gasteiger partial charge in [-0.1, -0.05) is 35.2 Å². The number of halogens is 1. The highest BCUT2D eigenvalue weighted by atomic mass is 79.9. The van der Waals surface area contributed by atoms with Crippen LogP contribution in [0.15, 0.2) is 28.7 Å². The first-order valence-electron chi connectivity index (χ1n) is 7.34. The number of hydrogen-bond donors (Lipinski definition) is 1. The van der Waals surface area contributed by atoms with Crippen molar-refractivity contribution in [2.24, 2.45) is 5.92 Å². The van der Waals surface area contributed by atoms with Crippen LogP contribution in [0.2, 0.25) is 0 Å². The maximum Gasteiger partial charge on any atom is 0.306 e. The minimum atomic E-state index is -0.311. The zero-order chi connectivity index (χ0) is 15.1. The minimum absolute atomic E-state index is 0.221. The summed E-state index contributed by atoms with van der Waals surface area (Å²) in [4.78, 5) is 23.4. The molecular weight excluding hydrogens is 334 g/mol. The van der Waals surface area contributed by atoms with Crippen LogP contribution in [-0.4, -0.2) is 18.5 Å². The topological polar surface area (TPSA) is 55.4 Å². The van der Waals surface area contributed by atoms with E-state index in [0.717, 1.165) is 17.3 Å². The molecule has 1 aromatic rings. The molecule has 0 radical (unpaired) electrons. The van der Waals surface area contributed by atoms with Gasteiger partial charge in [0, 0.05) is 16.6 Å². The lowest BCUT2D eigenvalue weighted by molar-refractivity contribution is -0.148. The lowest BCUT2D eigenvalue weighted by atomic mass is 9.87. The van der Waals surface area contributed by atoms with Gasteiger partial charge in [0.05, 0.1) is 0 Å². The SMILES string of the molecule is O=C(COC(=O)CC1CCCCC1)Nc1ccc(Br)cc1. The van der Waals surface area contributed by atoms with E-state index < -0.39 is 0 Å². The molecule has 1 saturated carbocycles.